The summed E-state index contributed by atoms with van der Waals surface area (Å²) in [7, 11) is -7.67. The number of carbonyl (C=O) groups excluding carboxylic acids is 4. The molecular formula is C80H117N4O18S5+. The topological polar surface area (TPSA) is 286 Å². The van der Waals surface area contributed by atoms with Gasteiger partial charge in [0, 0.05) is 103 Å². The number of aliphatic hydroxyl groups excluding tert-OH is 4. The summed E-state index contributed by atoms with van der Waals surface area (Å²) >= 11 is 7.58. The number of aryl methyl sites for hydroxylation is 2. The summed E-state index contributed by atoms with van der Waals surface area (Å²) in [5, 5.41) is 41.4. The van der Waals surface area contributed by atoms with E-state index in [1.807, 2.05) is 128 Å². The maximum Gasteiger partial charge on any atom is 0.410 e. The average Bonchev–Trinajstić information content (AvgIpc) is 1.72. The van der Waals surface area contributed by atoms with E-state index < -0.39 is 67.0 Å². The third-order valence-corrected chi connectivity index (χ3v) is 22.2. The lowest BCUT2D eigenvalue weighted by atomic mass is 9.99. The molecule has 0 saturated carbocycles. The lowest BCUT2D eigenvalue weighted by molar-refractivity contribution is 0.0250. The van der Waals surface area contributed by atoms with Crippen LogP contribution in [0.15, 0.2) is 158 Å². The van der Waals surface area contributed by atoms with Crippen molar-refractivity contribution in [1.82, 2.24) is 19.6 Å². The van der Waals surface area contributed by atoms with Crippen molar-refractivity contribution in [1.29, 1.82) is 0 Å². The normalized spacial score (nSPS) is 19.1. The van der Waals surface area contributed by atoms with Gasteiger partial charge in [0.25, 0.3) is 20.2 Å². The number of allylic oxidation sites excluding steroid dienone is 5. The van der Waals surface area contributed by atoms with E-state index in [0.29, 0.717) is 65.2 Å². The fourth-order valence-electron chi connectivity index (χ4n) is 11.4. The molecule has 9 rings (SSSR count). The second-order valence-corrected chi connectivity index (χ2v) is 37.2. The number of likely N-dealkylation sites (tertiary alicyclic amines) is 4. The fourth-order valence-corrected chi connectivity index (χ4v) is 15.3. The van der Waals surface area contributed by atoms with Crippen LogP contribution in [0.2, 0.25) is 0 Å². The monoisotopic (exact) mass is 1580 g/mol. The molecule has 4 fully saturated rings. The zero-order valence-corrected chi connectivity index (χ0v) is 69.0. The smallest absolute Gasteiger partial charge is 0.410 e. The first-order valence-electron chi connectivity index (χ1n) is 36.6. The highest BCUT2D eigenvalue weighted by Crippen LogP contribution is 2.31. The number of aliphatic hydroxyl groups is 4. The summed E-state index contributed by atoms with van der Waals surface area (Å²) < 4.78 is 80.1. The van der Waals surface area contributed by atoms with Crippen molar-refractivity contribution in [2.24, 2.45) is 23.7 Å². The largest absolute Gasteiger partial charge is 0.444 e. The van der Waals surface area contributed by atoms with Crippen LogP contribution in [-0.2, 0) is 47.5 Å². The van der Waals surface area contributed by atoms with Crippen molar-refractivity contribution in [2.75, 3.05) is 77.1 Å². The van der Waals surface area contributed by atoms with Gasteiger partial charge in [-0.3, -0.25) is 8.37 Å². The Bertz CT molecular complexity index is 3560. The minimum atomic E-state index is -3.84. The molecule has 0 spiro atoms. The number of carbonyl (C=O) groups is 4. The second kappa shape index (κ2) is 43.4. The molecule has 0 bridgehead atoms. The molecule has 0 radical (unpaired) electrons. The Labute approximate surface area is 651 Å². The van der Waals surface area contributed by atoms with Gasteiger partial charge in [-0.05, 0) is 197 Å². The van der Waals surface area contributed by atoms with Crippen LogP contribution < -0.4 is 0 Å². The molecule has 5 aliphatic rings. The van der Waals surface area contributed by atoms with E-state index in [1.54, 1.807) is 109 Å². The Morgan fingerprint density at radius 2 is 0.776 bits per heavy atom. The first-order valence-corrected chi connectivity index (χ1v) is 41.9. The van der Waals surface area contributed by atoms with E-state index in [4.69, 9.17) is 27.3 Å². The van der Waals surface area contributed by atoms with E-state index in [1.165, 1.54) is 34.1 Å². The summed E-state index contributed by atoms with van der Waals surface area (Å²) in [5.41, 5.74) is -0.157. The van der Waals surface area contributed by atoms with Gasteiger partial charge in [0.15, 0.2) is 0 Å². The van der Waals surface area contributed by atoms with Crippen molar-refractivity contribution in [3.05, 3.63) is 156 Å². The molecule has 1 aliphatic carbocycles. The maximum atomic E-state index is 12.1. The number of rotatable bonds is 22. The van der Waals surface area contributed by atoms with Gasteiger partial charge >= 0.3 is 24.4 Å². The molecule has 4 aliphatic heterocycles. The molecule has 4 aromatic rings. The highest BCUT2D eigenvalue weighted by Gasteiger charge is 2.38. The third-order valence-electron chi connectivity index (χ3n) is 17.2. The molecule has 4 heterocycles. The Morgan fingerprint density at radius 3 is 1.07 bits per heavy atom. The summed E-state index contributed by atoms with van der Waals surface area (Å²) in [6, 6.07) is 32.8. The molecule has 27 heteroatoms. The van der Waals surface area contributed by atoms with Crippen LogP contribution in [0, 0.1) is 43.6 Å². The lowest BCUT2D eigenvalue weighted by Crippen LogP contribution is -2.36. The quantitative estimate of drug-likeness (QED) is 0.0161. The number of thioether (sulfide) groups is 2. The van der Waals surface area contributed by atoms with Crippen molar-refractivity contribution in [3.8, 4) is 0 Å². The van der Waals surface area contributed by atoms with E-state index in [9.17, 15) is 56.4 Å². The zero-order valence-electron chi connectivity index (χ0n) is 64.8. The van der Waals surface area contributed by atoms with Gasteiger partial charge in [-0.2, -0.15) is 16.8 Å². The number of nitrogens with zero attached hydrogens (tertiary/aromatic N) is 4. The van der Waals surface area contributed by atoms with Crippen molar-refractivity contribution in [3.63, 3.8) is 0 Å². The zero-order chi connectivity index (χ0) is 79.3. The van der Waals surface area contributed by atoms with Crippen molar-refractivity contribution < 1.29 is 83.8 Å². The number of ether oxygens (including phenoxy) is 4. The number of amides is 4. The first-order chi connectivity index (χ1) is 50.0. The van der Waals surface area contributed by atoms with Crippen LogP contribution in [0.5, 0.6) is 0 Å². The van der Waals surface area contributed by atoms with Gasteiger partial charge in [0.05, 0.1) is 59.6 Å². The molecule has 594 valence electrons. The molecule has 4 amide bonds. The Kier molecular flexibility index (Phi) is 37.1. The first kappa shape index (κ1) is 91.4. The third kappa shape index (κ3) is 35.6. The van der Waals surface area contributed by atoms with Gasteiger partial charge in [-0.25, -0.2) is 19.2 Å². The van der Waals surface area contributed by atoms with E-state index >= 15 is 0 Å². The molecule has 8 atom stereocenters. The second-order valence-electron chi connectivity index (χ2n) is 31.1. The van der Waals surface area contributed by atoms with Gasteiger partial charge in [0.1, 0.15) is 39.5 Å². The Hall–Kier alpha value is -6.20. The highest BCUT2D eigenvalue weighted by molar-refractivity contribution is 8.03. The fraction of sp³-hybridized carbons (Fsp3) is 0.575. The molecule has 4 N–H and O–H groups in total. The Morgan fingerprint density at radius 1 is 0.467 bits per heavy atom. The number of thiol groups is 1. The highest BCUT2D eigenvalue weighted by atomic mass is 32.2. The van der Waals surface area contributed by atoms with E-state index in [0.717, 1.165) is 53.2 Å². The van der Waals surface area contributed by atoms with Crippen molar-refractivity contribution in [2.45, 2.75) is 215 Å². The minimum Gasteiger partial charge on any atom is -0.444 e. The Balaban J connectivity index is 0.000000248. The van der Waals surface area contributed by atoms with Gasteiger partial charge in [-0.1, -0.05) is 83.6 Å². The minimum absolute atomic E-state index is 0.0968. The van der Waals surface area contributed by atoms with Crippen LogP contribution in [0.3, 0.4) is 0 Å². The van der Waals surface area contributed by atoms with Crippen LogP contribution in [0.4, 0.5) is 19.2 Å². The molecule has 0 aromatic heterocycles. The predicted octanol–water partition coefficient (Wildman–Crippen LogP) is 14.7. The SMILES string of the molecule is CC(C)(C)OC(=O)N1CC[C@H]([C@@H](O)CCSc2ccccc2)C1.CC(C)(C)OC(=O)N1CC[C@H]([C@H](O)CCSC2=CC=[C+]C=C2)C1.Cc1ccc(S(=O)(=O)OCC[C@@H](O)[C@H]2CCN(C(=O)OC(C)(C)C)C2)cc1.Cc1ccc(S(=O)(=O)OCC[C@H](O)[C@H]2CCN(C(=O)OC(C)(C)C)C2)cc1.Sc1ccccc1. The maximum absolute atomic E-state index is 12.1. The molecule has 4 saturated heterocycles. The van der Waals surface area contributed by atoms with Gasteiger partial charge in [-0.15, -0.1) is 24.4 Å². The summed E-state index contributed by atoms with van der Waals surface area (Å²) in [6.07, 6.45) is 12.1. The van der Waals surface area contributed by atoms with Crippen molar-refractivity contribution >= 4 is 80.8 Å². The van der Waals surface area contributed by atoms with Gasteiger partial charge in [0.2, 0.25) is 0 Å². The number of benzene rings is 4. The predicted molar refractivity (Wildman–Crippen MR) is 423 cm³/mol. The van der Waals surface area contributed by atoms with Crippen LogP contribution >= 0.6 is 36.2 Å². The van der Waals surface area contributed by atoms with E-state index in [-0.39, 0.29) is 83.9 Å². The molecule has 22 nitrogen and oxygen atoms in total. The van der Waals surface area contributed by atoms with Gasteiger partial charge < -0.3 is 59.0 Å². The molecular weight excluding hydrogens is 1470 g/mol. The van der Waals surface area contributed by atoms with Crippen LogP contribution in [0.25, 0.3) is 0 Å². The van der Waals surface area contributed by atoms with Crippen LogP contribution in [-0.4, -0.2) is 205 Å². The average molecular weight is 1580 g/mol. The standard InChI is InChI=1S/2C19H29NO6S.C18H27NO3S.C18H26NO3S.C6H6S/c2*1-14-5-7-16(8-6-14)27(23,24)25-12-10-17(21)15-9-11-20(13-15)18(22)26-19(2,3)4;2*1-18(2,3)22-17(21)19-11-9-14(13-19)16(20)10-12-23-15-7-5-4-6-8-15;7-6-4-2-1-3-5-6/h2*5-8,15,17,21H,9-13H2,1-4H3;4-8,14,16,20H,9-13H2,1-3H3;5-8,14,16,20H,9-13H2,1-3H3;1-5,7H/q;;;+1;/t15-,17+;15-,17-;14-,16-;14-,16+;/m0000./s1. The summed E-state index contributed by atoms with van der Waals surface area (Å²) in [4.78, 5) is 58.4. The van der Waals surface area contributed by atoms with Crippen LogP contribution in [0.1, 0.15) is 146 Å². The summed E-state index contributed by atoms with van der Waals surface area (Å²) in [6.45, 7) is 29.9. The molecule has 4 aromatic carbocycles. The lowest BCUT2D eigenvalue weighted by Gasteiger charge is -2.25. The summed E-state index contributed by atoms with van der Waals surface area (Å²) in [5.74, 6) is 1.81. The molecule has 0 unspecified atom stereocenters. The molecule has 107 heavy (non-hydrogen) atoms. The van der Waals surface area contributed by atoms with E-state index in [2.05, 4.69) is 30.8 Å². The number of hydrogen-bond acceptors (Lipinski definition) is 21. The number of hydrogen-bond donors (Lipinski definition) is 5.